The fourth-order valence-corrected chi connectivity index (χ4v) is 1.28. The molecule has 68 valence electrons. The van der Waals surface area contributed by atoms with Gasteiger partial charge in [-0.25, -0.2) is 4.99 Å². The van der Waals surface area contributed by atoms with Crippen LogP contribution in [0.25, 0.3) is 0 Å². The second-order valence-corrected chi connectivity index (χ2v) is 3.29. The predicted octanol–water partition coefficient (Wildman–Crippen LogP) is 3.11. The lowest BCUT2D eigenvalue weighted by Gasteiger charge is -1.99. The van der Waals surface area contributed by atoms with Crippen LogP contribution in [0.5, 0.6) is 0 Å². The highest BCUT2D eigenvalue weighted by atomic mass is 32.2. The first-order valence-corrected chi connectivity index (χ1v) is 5.11. The third-order valence-corrected chi connectivity index (χ3v) is 1.97. The van der Waals surface area contributed by atoms with Crippen LogP contribution in [0.2, 0.25) is 0 Å². The van der Waals surface area contributed by atoms with Crippen LogP contribution >= 0.6 is 11.8 Å². The standard InChI is InChI=1S/C7H10N2S.C2H6/c1-6-3-7(2)10-5-8-4-9-6;1-2/h3-4H,5H2,1-2H3;1-2H3/b7-3-,8-4-,9-6+;. The Hall–Kier alpha value is -0.570. The molecule has 0 spiro atoms. The summed E-state index contributed by atoms with van der Waals surface area (Å²) in [6.45, 7) is 8.05. The normalized spacial score (nSPS) is 27.7. The zero-order valence-electron chi connectivity index (χ0n) is 8.16. The minimum Gasteiger partial charge on any atom is -0.262 e. The lowest BCUT2D eigenvalue weighted by molar-refractivity contribution is 1.37. The fourth-order valence-electron chi connectivity index (χ4n) is 0.677. The zero-order chi connectivity index (χ0) is 9.40. The number of rotatable bonds is 0. The first-order valence-electron chi connectivity index (χ1n) is 4.13. The molecule has 0 N–H and O–H groups in total. The second kappa shape index (κ2) is 7.10. The molecule has 0 aromatic carbocycles. The molecule has 0 saturated carbocycles. The SMILES string of the molecule is C/C1=C/C(C)=N/C=N\CS1.CC. The molecule has 0 radical (unpaired) electrons. The summed E-state index contributed by atoms with van der Waals surface area (Å²) in [7, 11) is 0. The average Bonchev–Trinajstić information content (AvgIpc) is 2.04. The molecule has 0 bridgehead atoms. The molecule has 12 heavy (non-hydrogen) atoms. The maximum Gasteiger partial charge on any atom is 0.111 e. The number of hydrogen-bond acceptors (Lipinski definition) is 3. The van der Waals surface area contributed by atoms with E-state index < -0.39 is 0 Å². The third-order valence-electron chi connectivity index (χ3n) is 1.12. The average molecular weight is 184 g/mol. The van der Waals surface area contributed by atoms with Crippen LogP contribution in [0.1, 0.15) is 27.7 Å². The van der Waals surface area contributed by atoms with Crippen molar-refractivity contribution in [1.29, 1.82) is 0 Å². The van der Waals surface area contributed by atoms with Gasteiger partial charge in [0, 0.05) is 5.71 Å². The zero-order valence-corrected chi connectivity index (χ0v) is 8.98. The van der Waals surface area contributed by atoms with Gasteiger partial charge in [-0.2, -0.15) is 0 Å². The quantitative estimate of drug-likeness (QED) is 0.567. The van der Waals surface area contributed by atoms with Crippen LogP contribution in [-0.4, -0.2) is 17.9 Å². The van der Waals surface area contributed by atoms with Crippen LogP contribution in [0, 0.1) is 0 Å². The third kappa shape index (κ3) is 5.13. The predicted molar refractivity (Wildman–Crippen MR) is 59.2 cm³/mol. The van der Waals surface area contributed by atoms with Gasteiger partial charge in [0.1, 0.15) is 6.34 Å². The van der Waals surface area contributed by atoms with Crippen LogP contribution in [0.3, 0.4) is 0 Å². The lowest BCUT2D eigenvalue weighted by atomic mass is 10.4. The number of hydrogen-bond donors (Lipinski definition) is 0. The van der Waals surface area contributed by atoms with Gasteiger partial charge in [-0.1, -0.05) is 13.8 Å². The maximum absolute atomic E-state index is 4.07. The van der Waals surface area contributed by atoms with Gasteiger partial charge in [-0.15, -0.1) is 11.8 Å². The summed E-state index contributed by atoms with van der Waals surface area (Å²) in [6.07, 6.45) is 3.68. The van der Waals surface area contributed by atoms with Gasteiger partial charge in [0.25, 0.3) is 0 Å². The highest BCUT2D eigenvalue weighted by molar-refractivity contribution is 8.03. The second-order valence-electron chi connectivity index (χ2n) is 2.10. The van der Waals surface area contributed by atoms with Crippen molar-refractivity contribution in [3.63, 3.8) is 0 Å². The topological polar surface area (TPSA) is 24.7 Å². The summed E-state index contributed by atoms with van der Waals surface area (Å²) in [6, 6.07) is 0. The Morgan fingerprint density at radius 2 is 2.00 bits per heavy atom. The van der Waals surface area contributed by atoms with Gasteiger partial charge in [0.05, 0.1) is 5.88 Å². The van der Waals surface area contributed by atoms with E-state index in [1.807, 2.05) is 20.8 Å². The van der Waals surface area contributed by atoms with Crippen molar-refractivity contribution in [2.24, 2.45) is 9.98 Å². The van der Waals surface area contributed by atoms with E-state index in [1.54, 1.807) is 18.1 Å². The van der Waals surface area contributed by atoms with Crippen molar-refractivity contribution >= 4 is 23.8 Å². The Bertz CT molecular complexity index is 205. The first kappa shape index (κ1) is 11.4. The van der Waals surface area contributed by atoms with Crippen molar-refractivity contribution in [2.45, 2.75) is 27.7 Å². The number of aliphatic imine (C=N–C) groups is 2. The first-order chi connectivity index (χ1) is 5.79. The van der Waals surface area contributed by atoms with E-state index in [9.17, 15) is 0 Å². The molecule has 0 aromatic heterocycles. The Morgan fingerprint density at radius 3 is 2.67 bits per heavy atom. The molecule has 1 heterocycles. The minimum absolute atomic E-state index is 0.791. The van der Waals surface area contributed by atoms with Gasteiger partial charge >= 0.3 is 0 Å². The van der Waals surface area contributed by atoms with Crippen molar-refractivity contribution in [1.82, 2.24) is 0 Å². The van der Waals surface area contributed by atoms with Crippen LogP contribution in [0.15, 0.2) is 21.0 Å². The van der Waals surface area contributed by atoms with Crippen molar-refractivity contribution in [3.8, 4) is 0 Å². The summed E-state index contributed by atoms with van der Waals surface area (Å²) >= 11 is 1.74. The number of nitrogens with zero attached hydrogens (tertiary/aromatic N) is 2. The van der Waals surface area contributed by atoms with Crippen molar-refractivity contribution in [2.75, 3.05) is 5.88 Å². The highest BCUT2D eigenvalue weighted by Gasteiger charge is 1.92. The lowest BCUT2D eigenvalue weighted by Crippen LogP contribution is -1.90. The van der Waals surface area contributed by atoms with E-state index >= 15 is 0 Å². The number of thioether (sulfide) groups is 1. The van der Waals surface area contributed by atoms with Crippen molar-refractivity contribution < 1.29 is 0 Å². The van der Waals surface area contributed by atoms with Crippen molar-refractivity contribution in [3.05, 3.63) is 11.0 Å². The summed E-state index contributed by atoms with van der Waals surface area (Å²) in [5.41, 5.74) is 1.02. The highest BCUT2D eigenvalue weighted by Crippen LogP contribution is 2.15. The molecule has 0 aliphatic carbocycles. The van der Waals surface area contributed by atoms with Gasteiger partial charge in [0.15, 0.2) is 0 Å². The van der Waals surface area contributed by atoms with Crippen LogP contribution in [0.4, 0.5) is 0 Å². The summed E-state index contributed by atoms with van der Waals surface area (Å²) in [5, 5.41) is 0. The molecule has 1 aliphatic heterocycles. The minimum atomic E-state index is 0.791. The van der Waals surface area contributed by atoms with E-state index in [0.717, 1.165) is 11.6 Å². The van der Waals surface area contributed by atoms with E-state index in [-0.39, 0.29) is 0 Å². The Labute approximate surface area is 78.9 Å². The molecular formula is C9H16N2S. The van der Waals surface area contributed by atoms with E-state index in [4.69, 9.17) is 0 Å². The molecule has 0 atom stereocenters. The van der Waals surface area contributed by atoms with E-state index in [0.29, 0.717) is 0 Å². The largest absolute Gasteiger partial charge is 0.262 e. The van der Waals surface area contributed by atoms with Gasteiger partial charge in [0.2, 0.25) is 0 Å². The Morgan fingerprint density at radius 1 is 1.33 bits per heavy atom. The number of allylic oxidation sites excluding steroid dienone is 2. The summed E-state index contributed by atoms with van der Waals surface area (Å²) in [4.78, 5) is 9.39. The molecule has 2 nitrogen and oxygen atoms in total. The monoisotopic (exact) mass is 184 g/mol. The molecule has 0 saturated heterocycles. The Kier molecular flexibility index (Phi) is 6.76. The Balaban J connectivity index is 0.000000561. The smallest absolute Gasteiger partial charge is 0.111 e. The van der Waals surface area contributed by atoms with Crippen LogP contribution < -0.4 is 0 Å². The van der Waals surface area contributed by atoms with Gasteiger partial charge < -0.3 is 0 Å². The van der Waals surface area contributed by atoms with E-state index in [1.165, 1.54) is 4.91 Å². The fraction of sp³-hybridized carbons (Fsp3) is 0.556. The molecule has 0 fully saturated rings. The van der Waals surface area contributed by atoms with Gasteiger partial charge in [-0.3, -0.25) is 4.99 Å². The molecule has 3 heteroatoms. The molecule has 0 unspecified atom stereocenters. The van der Waals surface area contributed by atoms with E-state index in [2.05, 4.69) is 23.0 Å². The molecule has 1 aliphatic rings. The summed E-state index contributed by atoms with van der Waals surface area (Å²) in [5.74, 6) is 0.791. The maximum atomic E-state index is 4.07. The summed E-state index contributed by atoms with van der Waals surface area (Å²) < 4.78 is 0. The molecule has 1 rings (SSSR count). The molecule has 0 aromatic rings. The molecular weight excluding hydrogens is 168 g/mol. The molecule has 0 amide bonds. The van der Waals surface area contributed by atoms with Crippen LogP contribution in [-0.2, 0) is 0 Å². The van der Waals surface area contributed by atoms with Gasteiger partial charge in [-0.05, 0) is 24.8 Å².